The lowest BCUT2D eigenvalue weighted by Crippen LogP contribution is -2.42. The van der Waals surface area contributed by atoms with Crippen molar-refractivity contribution in [1.29, 1.82) is 0 Å². The molecule has 0 amide bonds. The van der Waals surface area contributed by atoms with Gasteiger partial charge in [-0.2, -0.15) is 0 Å². The number of likely N-dealkylation sites (N-methyl/N-ethyl adjacent to an activating group) is 1. The third-order valence-electron chi connectivity index (χ3n) is 4.97. The molecule has 3 aliphatic heterocycles. The summed E-state index contributed by atoms with van der Waals surface area (Å²) in [6.45, 7) is 10.3. The predicted molar refractivity (Wildman–Crippen MR) is 76.2 cm³/mol. The van der Waals surface area contributed by atoms with Crippen molar-refractivity contribution in [2.45, 2.75) is 44.8 Å². The molecule has 0 aliphatic carbocycles. The average molecular weight is 272 g/mol. The summed E-state index contributed by atoms with van der Waals surface area (Å²) in [7, 11) is 2.11. The van der Waals surface area contributed by atoms with E-state index < -0.39 is 6.17 Å². The van der Waals surface area contributed by atoms with Crippen molar-refractivity contribution < 1.29 is 9.13 Å². The number of alkyl halides is 1. The molecule has 3 nitrogen and oxygen atoms in total. The maximum atomic E-state index is 13.2. The SMILES string of the molecule is CC(C)[C@@]12CCCN1C[C@H](F)C2.CN1CCOCC1. The van der Waals surface area contributed by atoms with E-state index >= 15 is 0 Å². The van der Waals surface area contributed by atoms with Crippen molar-refractivity contribution in [1.82, 2.24) is 9.80 Å². The molecule has 0 unspecified atom stereocenters. The Morgan fingerprint density at radius 3 is 2.37 bits per heavy atom. The minimum atomic E-state index is -0.562. The highest BCUT2D eigenvalue weighted by Crippen LogP contribution is 2.44. The molecule has 0 N–H and O–H groups in total. The van der Waals surface area contributed by atoms with E-state index in [0.717, 1.165) is 39.3 Å². The Labute approximate surface area is 117 Å². The van der Waals surface area contributed by atoms with Crippen LogP contribution in [0.3, 0.4) is 0 Å². The maximum absolute atomic E-state index is 13.2. The number of hydrogen-bond donors (Lipinski definition) is 0. The minimum Gasteiger partial charge on any atom is -0.379 e. The van der Waals surface area contributed by atoms with Crippen LogP contribution in [-0.2, 0) is 4.74 Å². The van der Waals surface area contributed by atoms with E-state index in [4.69, 9.17) is 4.74 Å². The van der Waals surface area contributed by atoms with E-state index in [1.807, 2.05) is 0 Å². The first-order valence-corrected chi connectivity index (χ1v) is 7.70. The second-order valence-electron chi connectivity index (χ2n) is 6.52. The van der Waals surface area contributed by atoms with Crippen LogP contribution >= 0.6 is 0 Å². The summed E-state index contributed by atoms with van der Waals surface area (Å²) in [4.78, 5) is 4.64. The highest BCUT2D eigenvalue weighted by Gasteiger charge is 2.50. The van der Waals surface area contributed by atoms with Gasteiger partial charge in [0.15, 0.2) is 0 Å². The van der Waals surface area contributed by atoms with Crippen molar-refractivity contribution in [3.63, 3.8) is 0 Å². The highest BCUT2D eigenvalue weighted by molar-refractivity contribution is 5.05. The molecule has 0 spiro atoms. The summed E-state index contributed by atoms with van der Waals surface area (Å²) in [5.41, 5.74) is 0.236. The predicted octanol–water partition coefficient (Wildman–Crippen LogP) is 2.17. The normalized spacial score (nSPS) is 36.2. The third kappa shape index (κ3) is 3.47. The van der Waals surface area contributed by atoms with E-state index in [9.17, 15) is 4.39 Å². The molecule has 3 heterocycles. The Balaban J connectivity index is 0.000000163. The maximum Gasteiger partial charge on any atom is 0.115 e. The molecule has 19 heavy (non-hydrogen) atoms. The fourth-order valence-corrected chi connectivity index (χ4v) is 3.69. The van der Waals surface area contributed by atoms with Crippen molar-refractivity contribution in [2.24, 2.45) is 5.92 Å². The molecule has 0 bridgehead atoms. The van der Waals surface area contributed by atoms with Crippen LogP contribution in [0.2, 0.25) is 0 Å². The van der Waals surface area contributed by atoms with Gasteiger partial charge in [-0.05, 0) is 38.8 Å². The molecule has 4 heteroatoms. The first-order valence-electron chi connectivity index (χ1n) is 7.70. The van der Waals surface area contributed by atoms with Gasteiger partial charge in [0, 0.05) is 25.2 Å². The van der Waals surface area contributed by atoms with Gasteiger partial charge in [0.1, 0.15) is 6.17 Å². The Morgan fingerprint density at radius 2 is 1.89 bits per heavy atom. The Kier molecular flexibility index (Phi) is 5.21. The molecule has 3 rings (SSSR count). The molecular formula is C15H29FN2O. The topological polar surface area (TPSA) is 15.7 Å². The zero-order valence-corrected chi connectivity index (χ0v) is 12.7. The van der Waals surface area contributed by atoms with Gasteiger partial charge in [-0.1, -0.05) is 13.8 Å². The van der Waals surface area contributed by atoms with Crippen LogP contribution in [0.5, 0.6) is 0 Å². The Hall–Kier alpha value is -0.190. The van der Waals surface area contributed by atoms with Crippen LogP contribution in [0.4, 0.5) is 4.39 Å². The van der Waals surface area contributed by atoms with E-state index in [-0.39, 0.29) is 5.54 Å². The van der Waals surface area contributed by atoms with Crippen molar-refractivity contribution in [3.05, 3.63) is 0 Å². The molecule has 0 aromatic carbocycles. The quantitative estimate of drug-likeness (QED) is 0.727. The Bertz CT molecular complexity index is 281. The molecule has 3 saturated heterocycles. The van der Waals surface area contributed by atoms with E-state index in [0.29, 0.717) is 12.5 Å². The number of rotatable bonds is 1. The first kappa shape index (κ1) is 15.2. The smallest absolute Gasteiger partial charge is 0.115 e. The molecule has 0 saturated carbocycles. The molecule has 0 aromatic heterocycles. The summed E-state index contributed by atoms with van der Waals surface area (Å²) >= 11 is 0. The third-order valence-corrected chi connectivity index (χ3v) is 4.97. The lowest BCUT2D eigenvalue weighted by Gasteiger charge is -2.35. The van der Waals surface area contributed by atoms with Gasteiger partial charge in [-0.15, -0.1) is 0 Å². The largest absolute Gasteiger partial charge is 0.379 e. The number of morpholine rings is 1. The number of nitrogens with zero attached hydrogens (tertiary/aromatic N) is 2. The van der Waals surface area contributed by atoms with Gasteiger partial charge in [-0.25, -0.2) is 4.39 Å². The van der Waals surface area contributed by atoms with Crippen LogP contribution < -0.4 is 0 Å². The summed E-state index contributed by atoms with van der Waals surface area (Å²) in [5, 5.41) is 0. The zero-order valence-electron chi connectivity index (χ0n) is 12.7. The fourth-order valence-electron chi connectivity index (χ4n) is 3.69. The summed E-state index contributed by atoms with van der Waals surface area (Å²) in [6, 6.07) is 0. The molecule has 3 fully saturated rings. The standard InChI is InChI=1S/C10H18FN.C5H11NO/c1-8(2)10-4-3-5-12(10)7-9(11)6-10;1-6-2-4-7-5-3-6/h8-9H,3-7H2,1-2H3;2-5H2,1H3/t9-,10+;/m1./s1. The summed E-state index contributed by atoms with van der Waals surface area (Å²) in [5.74, 6) is 0.612. The summed E-state index contributed by atoms with van der Waals surface area (Å²) < 4.78 is 18.3. The van der Waals surface area contributed by atoms with E-state index in [2.05, 4.69) is 30.7 Å². The number of fused-ring (bicyclic) bond motifs is 1. The lowest BCUT2D eigenvalue weighted by atomic mass is 9.82. The second kappa shape index (κ2) is 6.51. The highest BCUT2D eigenvalue weighted by atomic mass is 19.1. The first-order chi connectivity index (χ1) is 9.04. The van der Waals surface area contributed by atoms with Gasteiger partial charge >= 0.3 is 0 Å². The van der Waals surface area contributed by atoms with Crippen molar-refractivity contribution in [2.75, 3.05) is 46.4 Å². The summed E-state index contributed by atoms with van der Waals surface area (Å²) in [6.07, 6.45) is 2.70. The fraction of sp³-hybridized carbons (Fsp3) is 1.00. The van der Waals surface area contributed by atoms with Gasteiger partial charge in [0.25, 0.3) is 0 Å². The molecule has 0 aromatic rings. The number of ether oxygens (including phenoxy) is 1. The van der Waals surface area contributed by atoms with Crippen LogP contribution in [0.1, 0.15) is 33.1 Å². The molecule has 0 radical (unpaired) electrons. The molecule has 112 valence electrons. The molecular weight excluding hydrogens is 243 g/mol. The van der Waals surface area contributed by atoms with Gasteiger partial charge in [0.2, 0.25) is 0 Å². The van der Waals surface area contributed by atoms with Gasteiger partial charge in [-0.3, -0.25) is 4.90 Å². The van der Waals surface area contributed by atoms with Gasteiger partial charge in [0.05, 0.1) is 13.2 Å². The van der Waals surface area contributed by atoms with Crippen LogP contribution in [0, 0.1) is 5.92 Å². The zero-order chi connectivity index (χ0) is 13.9. The number of halogens is 1. The molecule has 3 aliphatic rings. The van der Waals surface area contributed by atoms with Crippen molar-refractivity contribution >= 4 is 0 Å². The van der Waals surface area contributed by atoms with Crippen LogP contribution in [0.15, 0.2) is 0 Å². The minimum absolute atomic E-state index is 0.236. The van der Waals surface area contributed by atoms with E-state index in [1.54, 1.807) is 0 Å². The number of hydrogen-bond acceptors (Lipinski definition) is 3. The lowest BCUT2D eigenvalue weighted by molar-refractivity contribution is 0.0503. The van der Waals surface area contributed by atoms with Crippen LogP contribution in [-0.4, -0.2) is 68.0 Å². The second-order valence-corrected chi connectivity index (χ2v) is 6.52. The van der Waals surface area contributed by atoms with Crippen molar-refractivity contribution in [3.8, 4) is 0 Å². The Morgan fingerprint density at radius 1 is 1.21 bits per heavy atom. The monoisotopic (exact) mass is 272 g/mol. The van der Waals surface area contributed by atoms with E-state index in [1.165, 1.54) is 12.8 Å². The molecule has 2 atom stereocenters. The van der Waals surface area contributed by atoms with Crippen LogP contribution in [0.25, 0.3) is 0 Å². The average Bonchev–Trinajstić information content (AvgIpc) is 2.87. The van der Waals surface area contributed by atoms with Gasteiger partial charge < -0.3 is 9.64 Å².